The molecule has 9 heteroatoms. The highest BCUT2D eigenvalue weighted by atomic mass is 16.2. The van der Waals surface area contributed by atoms with Gasteiger partial charge in [-0.25, -0.2) is 9.91 Å². The fourth-order valence-electron chi connectivity index (χ4n) is 5.83. The maximum Gasteiger partial charge on any atom is 0.264 e. The van der Waals surface area contributed by atoms with Crippen LogP contribution in [0, 0.1) is 6.92 Å². The normalized spacial score (nSPS) is 21.6. The number of anilines is 1. The average Bonchev–Trinajstić information content (AvgIpc) is 3.69. The number of fused-ring (bicyclic) bond motifs is 2. The van der Waals surface area contributed by atoms with E-state index < -0.39 is 23.9 Å². The van der Waals surface area contributed by atoms with Gasteiger partial charge in [0.2, 0.25) is 0 Å². The zero-order chi connectivity index (χ0) is 28.1. The van der Waals surface area contributed by atoms with Crippen molar-refractivity contribution >= 4 is 39.9 Å². The number of hydrogen-bond acceptors (Lipinski definition) is 7. The first-order valence-corrected chi connectivity index (χ1v) is 13.5. The Morgan fingerprint density at radius 3 is 2.39 bits per heavy atom. The molecule has 202 valence electrons. The molecule has 0 spiro atoms. The standard InChI is InChI=1S/C32H26N6O3/c1-20-14-16-23(17-15-20)37-31(40)29-30(32(37)41)36(35-33-29)19-28(39)38-27(22-9-3-2-4-10-22)18-26(34-38)25-13-7-11-21-8-5-6-12-24(21)25/h2-17,27,29-30H,18-19H2,1H3/t27-,29+,30+/m1/s1. The molecule has 4 aromatic carbocycles. The van der Waals surface area contributed by atoms with Crippen LogP contribution in [0.4, 0.5) is 5.69 Å². The van der Waals surface area contributed by atoms with E-state index in [1.807, 2.05) is 73.7 Å². The van der Waals surface area contributed by atoms with Gasteiger partial charge >= 0.3 is 0 Å². The summed E-state index contributed by atoms with van der Waals surface area (Å²) in [4.78, 5) is 41.6. The second kappa shape index (κ2) is 9.78. The molecule has 7 rings (SSSR count). The van der Waals surface area contributed by atoms with Gasteiger partial charge in [0, 0.05) is 12.0 Å². The molecule has 0 aliphatic carbocycles. The van der Waals surface area contributed by atoms with Crippen LogP contribution in [0.5, 0.6) is 0 Å². The van der Waals surface area contributed by atoms with Crippen molar-refractivity contribution in [2.45, 2.75) is 31.5 Å². The topological polar surface area (TPSA) is 98.0 Å². The molecule has 4 aromatic rings. The van der Waals surface area contributed by atoms with Gasteiger partial charge in [0.25, 0.3) is 17.7 Å². The lowest BCUT2D eigenvalue weighted by Gasteiger charge is -2.25. The largest absolute Gasteiger partial charge is 0.271 e. The van der Waals surface area contributed by atoms with Crippen LogP contribution >= 0.6 is 0 Å². The summed E-state index contributed by atoms with van der Waals surface area (Å²) in [5.74, 6) is -1.22. The number of imide groups is 1. The monoisotopic (exact) mass is 542 g/mol. The van der Waals surface area contributed by atoms with Crippen molar-refractivity contribution in [2.75, 3.05) is 11.4 Å². The lowest BCUT2D eigenvalue weighted by atomic mass is 9.95. The van der Waals surface area contributed by atoms with E-state index in [4.69, 9.17) is 5.10 Å². The fraction of sp³-hybridized carbons (Fsp3) is 0.188. The van der Waals surface area contributed by atoms with Crippen LogP contribution in [0.25, 0.3) is 10.8 Å². The predicted octanol–water partition coefficient (Wildman–Crippen LogP) is 4.82. The van der Waals surface area contributed by atoms with Gasteiger partial charge in [-0.3, -0.25) is 19.4 Å². The average molecular weight is 543 g/mol. The van der Waals surface area contributed by atoms with E-state index in [0.717, 1.165) is 38.1 Å². The van der Waals surface area contributed by atoms with Gasteiger partial charge < -0.3 is 0 Å². The van der Waals surface area contributed by atoms with E-state index >= 15 is 0 Å². The number of hydrazone groups is 1. The van der Waals surface area contributed by atoms with Crippen LogP contribution < -0.4 is 4.90 Å². The van der Waals surface area contributed by atoms with Crippen molar-refractivity contribution in [2.24, 2.45) is 15.4 Å². The quantitative estimate of drug-likeness (QED) is 0.338. The second-order valence-electron chi connectivity index (χ2n) is 10.5. The highest BCUT2D eigenvalue weighted by Gasteiger charge is 2.55. The van der Waals surface area contributed by atoms with Crippen LogP contribution in [0.3, 0.4) is 0 Å². The molecular formula is C32H26N6O3. The summed E-state index contributed by atoms with van der Waals surface area (Å²) in [5, 5.41) is 18.0. The van der Waals surface area contributed by atoms with Gasteiger partial charge in [0.1, 0.15) is 6.54 Å². The third kappa shape index (κ3) is 4.17. The third-order valence-electron chi connectivity index (χ3n) is 7.90. The molecule has 0 unspecified atom stereocenters. The van der Waals surface area contributed by atoms with Crippen LogP contribution in [0.15, 0.2) is 113 Å². The summed E-state index contributed by atoms with van der Waals surface area (Å²) in [6, 6.07) is 28.9. The van der Waals surface area contributed by atoms with Crippen molar-refractivity contribution in [3.63, 3.8) is 0 Å². The first-order valence-electron chi connectivity index (χ1n) is 13.5. The molecule has 3 aliphatic heterocycles. The molecule has 9 nitrogen and oxygen atoms in total. The van der Waals surface area contributed by atoms with Crippen molar-refractivity contribution in [3.05, 3.63) is 114 Å². The van der Waals surface area contributed by atoms with Crippen LogP contribution in [0.1, 0.15) is 29.2 Å². The minimum Gasteiger partial charge on any atom is -0.271 e. The fourth-order valence-corrected chi connectivity index (χ4v) is 5.83. The van der Waals surface area contributed by atoms with Gasteiger partial charge in [0.15, 0.2) is 12.1 Å². The molecule has 0 radical (unpaired) electrons. The Hall–Kier alpha value is -5.18. The maximum absolute atomic E-state index is 13.9. The second-order valence-corrected chi connectivity index (χ2v) is 10.5. The predicted molar refractivity (Wildman–Crippen MR) is 154 cm³/mol. The van der Waals surface area contributed by atoms with E-state index in [1.165, 1.54) is 10.0 Å². The van der Waals surface area contributed by atoms with Crippen molar-refractivity contribution in [1.29, 1.82) is 0 Å². The number of benzene rings is 4. The number of carbonyl (C=O) groups excluding carboxylic acids is 3. The maximum atomic E-state index is 13.9. The molecule has 3 amide bonds. The van der Waals surface area contributed by atoms with Gasteiger partial charge in [-0.2, -0.15) is 10.2 Å². The summed E-state index contributed by atoms with van der Waals surface area (Å²) in [5.41, 5.74) is 4.24. The number of aryl methyl sites for hydroxylation is 1. The molecule has 1 saturated heterocycles. The third-order valence-corrected chi connectivity index (χ3v) is 7.90. The Morgan fingerprint density at radius 1 is 0.854 bits per heavy atom. The van der Waals surface area contributed by atoms with Crippen LogP contribution in [-0.2, 0) is 14.4 Å². The molecule has 41 heavy (non-hydrogen) atoms. The number of nitrogens with zero attached hydrogens (tertiary/aromatic N) is 6. The van der Waals surface area contributed by atoms with Gasteiger partial charge in [-0.05, 0) is 35.4 Å². The number of rotatable bonds is 5. The molecule has 3 aliphatic rings. The smallest absolute Gasteiger partial charge is 0.264 e. The molecule has 0 aromatic heterocycles. The Morgan fingerprint density at radius 2 is 1.59 bits per heavy atom. The Labute approximate surface area is 236 Å². The summed E-state index contributed by atoms with van der Waals surface area (Å²) >= 11 is 0. The first kappa shape index (κ1) is 24.8. The Bertz CT molecular complexity index is 1750. The Kier molecular flexibility index (Phi) is 5.92. The highest BCUT2D eigenvalue weighted by Crippen LogP contribution is 2.36. The highest BCUT2D eigenvalue weighted by molar-refractivity contribution is 6.25. The number of amides is 3. The minimum atomic E-state index is -0.977. The van der Waals surface area contributed by atoms with Gasteiger partial charge in [-0.1, -0.05) is 95.7 Å². The van der Waals surface area contributed by atoms with Crippen molar-refractivity contribution < 1.29 is 14.4 Å². The molecule has 0 bridgehead atoms. The minimum absolute atomic E-state index is 0.235. The number of carbonyl (C=O) groups is 3. The van der Waals surface area contributed by atoms with Crippen molar-refractivity contribution in [3.8, 4) is 0 Å². The van der Waals surface area contributed by atoms with Crippen LogP contribution in [0.2, 0.25) is 0 Å². The van der Waals surface area contributed by atoms with Crippen molar-refractivity contribution in [1.82, 2.24) is 10.0 Å². The summed E-state index contributed by atoms with van der Waals surface area (Å²) in [7, 11) is 0. The lowest BCUT2D eigenvalue weighted by Crippen LogP contribution is -2.44. The SMILES string of the molecule is Cc1ccc(N2C(=O)[C@H]3N=NN(CC(=O)N4N=C(c5cccc6ccccc56)C[C@@H]4c4ccccc4)[C@@H]3C2=O)cc1. The van der Waals surface area contributed by atoms with Gasteiger partial charge in [0.05, 0.1) is 17.4 Å². The van der Waals surface area contributed by atoms with E-state index in [0.29, 0.717) is 12.1 Å². The zero-order valence-corrected chi connectivity index (χ0v) is 22.3. The molecule has 1 fully saturated rings. The van der Waals surface area contributed by atoms with E-state index in [-0.39, 0.29) is 18.5 Å². The van der Waals surface area contributed by atoms with E-state index in [9.17, 15) is 14.4 Å². The summed E-state index contributed by atoms with van der Waals surface area (Å²) in [6.45, 7) is 1.70. The van der Waals surface area contributed by atoms with E-state index in [2.05, 4.69) is 28.5 Å². The molecule has 0 saturated carbocycles. The first-order chi connectivity index (χ1) is 20.0. The van der Waals surface area contributed by atoms with E-state index in [1.54, 1.807) is 12.1 Å². The van der Waals surface area contributed by atoms with Crippen LogP contribution in [-0.4, -0.2) is 52.1 Å². The van der Waals surface area contributed by atoms with Gasteiger partial charge in [-0.15, -0.1) is 0 Å². The molecule has 0 N–H and O–H groups in total. The summed E-state index contributed by atoms with van der Waals surface area (Å²) in [6.07, 6.45) is 0.538. The number of hydrogen-bond donors (Lipinski definition) is 0. The summed E-state index contributed by atoms with van der Waals surface area (Å²) < 4.78 is 0. The molecular weight excluding hydrogens is 516 g/mol. The molecule has 3 heterocycles. The lowest BCUT2D eigenvalue weighted by molar-refractivity contribution is -0.135. The zero-order valence-electron chi connectivity index (χ0n) is 22.3. The molecule has 3 atom stereocenters. The Balaban J connectivity index is 1.18.